The van der Waals surface area contributed by atoms with Gasteiger partial charge >= 0.3 is 6.18 Å². The summed E-state index contributed by atoms with van der Waals surface area (Å²) in [6.45, 7) is 5.89. The molecule has 2 aliphatic heterocycles. The molecule has 5 heterocycles. The zero-order valence-corrected chi connectivity index (χ0v) is 28.3. The van der Waals surface area contributed by atoms with Crippen LogP contribution in [0, 0.1) is 17.8 Å². The van der Waals surface area contributed by atoms with Gasteiger partial charge in [-0.1, -0.05) is 0 Å². The van der Waals surface area contributed by atoms with Crippen molar-refractivity contribution in [3.63, 3.8) is 0 Å². The number of carbonyl (C=O) groups excluding carboxylic acids is 2. The second-order valence-corrected chi connectivity index (χ2v) is 13.6. The van der Waals surface area contributed by atoms with Gasteiger partial charge in [0.05, 0.1) is 41.8 Å². The molecule has 3 fully saturated rings. The van der Waals surface area contributed by atoms with Crippen LogP contribution >= 0.6 is 0 Å². The first-order valence-corrected chi connectivity index (χ1v) is 17.3. The molecule has 3 atom stereocenters. The third kappa shape index (κ3) is 8.03. The lowest BCUT2D eigenvalue weighted by Crippen LogP contribution is -2.48. The minimum atomic E-state index is -4.44. The molecule has 6 rings (SSSR count). The molecule has 2 amide bonds. The molecule has 0 spiro atoms. The summed E-state index contributed by atoms with van der Waals surface area (Å²) >= 11 is 0. The van der Waals surface area contributed by atoms with Gasteiger partial charge in [0.2, 0.25) is 11.8 Å². The van der Waals surface area contributed by atoms with E-state index in [1.165, 1.54) is 10.7 Å². The van der Waals surface area contributed by atoms with E-state index in [-0.39, 0.29) is 44.4 Å². The van der Waals surface area contributed by atoms with E-state index in [2.05, 4.69) is 25.5 Å². The Balaban J connectivity index is 1.34. The molecule has 0 bridgehead atoms. The number of anilines is 1. The van der Waals surface area contributed by atoms with Crippen LogP contribution in [0.25, 0.3) is 5.65 Å². The van der Waals surface area contributed by atoms with Crippen molar-refractivity contribution in [2.45, 2.75) is 70.1 Å². The van der Waals surface area contributed by atoms with Gasteiger partial charge in [-0.25, -0.2) is 18.3 Å². The Morgan fingerprint density at radius 1 is 1.18 bits per heavy atom. The van der Waals surface area contributed by atoms with E-state index >= 15 is 0 Å². The van der Waals surface area contributed by atoms with E-state index in [0.29, 0.717) is 54.7 Å². The molecule has 0 aromatic carbocycles. The summed E-state index contributed by atoms with van der Waals surface area (Å²) in [7, 11) is 1.65. The molecule has 2 saturated heterocycles. The van der Waals surface area contributed by atoms with E-state index in [4.69, 9.17) is 14.8 Å². The number of methoxy groups -OCH3 is 1. The summed E-state index contributed by atoms with van der Waals surface area (Å²) in [6.07, 6.45) is -1.91. The van der Waals surface area contributed by atoms with E-state index in [1.54, 1.807) is 24.1 Å². The number of nitrogens with zero attached hydrogens (tertiary/aromatic N) is 7. The number of carbonyl (C=O) groups is 2. The van der Waals surface area contributed by atoms with Crippen molar-refractivity contribution in [2.24, 2.45) is 17.8 Å². The van der Waals surface area contributed by atoms with Crippen LogP contribution in [0.15, 0.2) is 24.5 Å². The first-order chi connectivity index (χ1) is 23.8. The monoisotopic (exact) mass is 709 g/mol. The van der Waals surface area contributed by atoms with Crippen molar-refractivity contribution < 1.29 is 36.3 Å². The molecule has 12 nitrogen and oxygen atoms in total. The number of fused-ring (bicyclic) bond motifs is 1. The van der Waals surface area contributed by atoms with Crippen LogP contribution in [-0.2, 0) is 22.5 Å². The maximum atomic E-state index is 14.2. The van der Waals surface area contributed by atoms with Gasteiger partial charge in [-0.15, -0.1) is 0 Å². The molecule has 3 aliphatic rings. The molecule has 1 saturated carbocycles. The molecule has 0 unspecified atom stereocenters. The normalized spacial score (nSPS) is 22.9. The lowest BCUT2D eigenvalue weighted by atomic mass is 9.81. The van der Waals surface area contributed by atoms with Crippen LogP contribution in [0.1, 0.15) is 66.9 Å². The number of nitrogens with one attached hydrogen (secondary N) is 2. The lowest BCUT2D eigenvalue weighted by Gasteiger charge is -2.37. The Labute approximate surface area is 286 Å². The van der Waals surface area contributed by atoms with Crippen molar-refractivity contribution in [2.75, 3.05) is 57.9 Å². The van der Waals surface area contributed by atoms with Crippen LogP contribution < -0.4 is 15.5 Å². The largest absolute Gasteiger partial charge is 0.393 e. The van der Waals surface area contributed by atoms with Crippen LogP contribution in [0.5, 0.6) is 0 Å². The first kappa shape index (κ1) is 35.9. The number of aryl methyl sites for hydroxylation is 1. The molecular weight excluding hydrogens is 665 g/mol. The number of alkyl halides is 5. The number of amides is 2. The summed E-state index contributed by atoms with van der Waals surface area (Å²) in [5.41, 5.74) is 2.33. The van der Waals surface area contributed by atoms with E-state index in [0.717, 1.165) is 19.6 Å². The Morgan fingerprint density at radius 3 is 2.60 bits per heavy atom. The van der Waals surface area contributed by atoms with Crippen molar-refractivity contribution >= 4 is 23.1 Å². The van der Waals surface area contributed by atoms with E-state index in [1.807, 2.05) is 13.0 Å². The van der Waals surface area contributed by atoms with Gasteiger partial charge in [0.1, 0.15) is 5.69 Å². The van der Waals surface area contributed by atoms with E-state index in [9.17, 15) is 31.5 Å². The number of piperazine rings is 1. The van der Waals surface area contributed by atoms with Crippen molar-refractivity contribution in [3.8, 4) is 0 Å². The number of imidazole rings is 1. The smallest absolute Gasteiger partial charge is 0.383 e. The molecular formula is C33H44F5N9O3. The third-order valence-electron chi connectivity index (χ3n) is 10.3. The van der Waals surface area contributed by atoms with Gasteiger partial charge < -0.3 is 20.3 Å². The topological polar surface area (TPSA) is 122 Å². The van der Waals surface area contributed by atoms with Crippen LogP contribution in [0.2, 0.25) is 0 Å². The highest BCUT2D eigenvalue weighted by Crippen LogP contribution is 2.42. The highest BCUT2D eigenvalue weighted by Gasteiger charge is 2.45. The Morgan fingerprint density at radius 2 is 1.92 bits per heavy atom. The van der Waals surface area contributed by atoms with Gasteiger partial charge in [0.15, 0.2) is 5.65 Å². The molecule has 3 aromatic heterocycles. The number of aromatic nitrogens is 5. The van der Waals surface area contributed by atoms with Crippen LogP contribution in [-0.4, -0.2) is 106 Å². The number of ether oxygens (including phenoxy) is 1. The first-order valence-electron chi connectivity index (χ1n) is 17.3. The minimum absolute atomic E-state index is 0.0139. The van der Waals surface area contributed by atoms with Gasteiger partial charge in [-0.2, -0.15) is 23.4 Å². The van der Waals surface area contributed by atoms with Crippen molar-refractivity contribution in [1.82, 2.24) is 39.9 Å². The third-order valence-corrected chi connectivity index (χ3v) is 10.3. The molecule has 0 radical (unpaired) electrons. The number of piperidine rings is 1. The molecule has 3 aromatic rings. The maximum Gasteiger partial charge on any atom is 0.393 e. The second-order valence-electron chi connectivity index (χ2n) is 13.6. The number of hydrogen-bond donors (Lipinski definition) is 2. The fraction of sp³-hybridized carbons (Fsp3) is 0.667. The Kier molecular flexibility index (Phi) is 10.6. The zero-order chi connectivity index (χ0) is 35.6. The second kappa shape index (κ2) is 14.8. The highest BCUT2D eigenvalue weighted by molar-refractivity contribution is 5.92. The Bertz CT molecular complexity index is 1640. The Hall–Kier alpha value is -3.86. The van der Waals surface area contributed by atoms with Crippen molar-refractivity contribution in [1.29, 1.82) is 0 Å². The summed E-state index contributed by atoms with van der Waals surface area (Å²) < 4.78 is 77.8. The predicted octanol–water partition coefficient (Wildman–Crippen LogP) is 3.87. The number of rotatable bonds is 11. The average Bonchev–Trinajstić information content (AvgIpc) is 3.74. The summed E-state index contributed by atoms with van der Waals surface area (Å²) in [5.74, 6) is -6.56. The van der Waals surface area contributed by atoms with E-state index < -0.39 is 48.3 Å². The average molecular weight is 710 g/mol. The number of hydrogen-bond acceptors (Lipinski definition) is 8. The summed E-state index contributed by atoms with van der Waals surface area (Å²) in [6, 6.07) is 2.70. The molecule has 1 aliphatic carbocycles. The maximum absolute atomic E-state index is 14.2. The fourth-order valence-electron chi connectivity index (χ4n) is 7.35. The summed E-state index contributed by atoms with van der Waals surface area (Å²) in [4.78, 5) is 35.6. The fourth-order valence-corrected chi connectivity index (χ4v) is 7.35. The SMILES string of the molecule is CCn1nccc1C(=O)N[C@H](c1cn2nc(C[C@H]3C[C@@H](C(F)(F)F)CNC3=O)c(N3CCN(CCOC)CC3)cc2n1)C1CCC(F)(F)CC1. The molecule has 2 N–H and O–H groups in total. The van der Waals surface area contributed by atoms with Crippen LogP contribution in [0.4, 0.5) is 27.6 Å². The van der Waals surface area contributed by atoms with Crippen LogP contribution in [0.3, 0.4) is 0 Å². The standard InChI is InChI=1S/C33H44F5N9O3/c1-3-46-26(6-9-40-46)31(49)42-29(21-4-7-32(34,35)8-5-21)25-20-47-28(41-25)18-27(45-12-10-44(11-13-45)14-15-50-2)24(43-47)17-22-16-23(33(36,37)38)19-39-30(22)48/h6,9,18,20-23,29H,3-5,7-8,10-17,19H2,1-2H3,(H,39,48)(H,42,49)/t22-,23-,29+/m1/s1. The summed E-state index contributed by atoms with van der Waals surface area (Å²) in [5, 5.41) is 14.5. The zero-order valence-electron chi connectivity index (χ0n) is 28.3. The number of halogens is 5. The molecule has 17 heteroatoms. The van der Waals surface area contributed by atoms with Gasteiger partial charge in [-0.05, 0) is 38.2 Å². The van der Waals surface area contributed by atoms with Gasteiger partial charge in [0, 0.05) is 90.4 Å². The molecule has 50 heavy (non-hydrogen) atoms. The predicted molar refractivity (Wildman–Crippen MR) is 173 cm³/mol. The van der Waals surface area contributed by atoms with Crippen molar-refractivity contribution in [3.05, 3.63) is 41.6 Å². The highest BCUT2D eigenvalue weighted by atomic mass is 19.4. The minimum Gasteiger partial charge on any atom is -0.383 e. The molecule has 274 valence electrons. The van der Waals surface area contributed by atoms with Gasteiger partial charge in [-0.3, -0.25) is 19.2 Å². The van der Waals surface area contributed by atoms with Gasteiger partial charge in [0.25, 0.3) is 5.91 Å². The lowest BCUT2D eigenvalue weighted by molar-refractivity contribution is -0.183. The quantitative estimate of drug-likeness (QED) is 0.288.